The quantitative estimate of drug-likeness (QED) is 0.761. The zero-order valence-electron chi connectivity index (χ0n) is 12.3. The summed E-state index contributed by atoms with van der Waals surface area (Å²) in [6.07, 6.45) is 3.77. The second-order valence-corrected chi connectivity index (χ2v) is 5.85. The van der Waals surface area contributed by atoms with Crippen LogP contribution in [0.4, 0.5) is 10.6 Å². The van der Waals surface area contributed by atoms with Crippen molar-refractivity contribution >= 4 is 11.8 Å². The lowest BCUT2D eigenvalue weighted by molar-refractivity contribution is 0.206. The highest BCUT2D eigenvalue weighted by molar-refractivity contribution is 5.88. The Kier molecular flexibility index (Phi) is 4.11. The van der Waals surface area contributed by atoms with Crippen LogP contribution in [0.3, 0.4) is 0 Å². The fourth-order valence-electron chi connectivity index (χ4n) is 2.28. The number of hydrogen-bond acceptors (Lipinski definition) is 3. The van der Waals surface area contributed by atoms with Gasteiger partial charge in [0, 0.05) is 24.2 Å². The van der Waals surface area contributed by atoms with Gasteiger partial charge >= 0.3 is 6.03 Å². The Balaban J connectivity index is 1.50. The summed E-state index contributed by atoms with van der Waals surface area (Å²) >= 11 is 0. The molecule has 1 saturated carbocycles. The molecule has 1 fully saturated rings. The molecule has 3 N–H and O–H groups in total. The summed E-state index contributed by atoms with van der Waals surface area (Å²) in [4.78, 5) is 11.8. The van der Waals surface area contributed by atoms with Gasteiger partial charge in [0.1, 0.15) is 0 Å². The number of urea groups is 1. The van der Waals surface area contributed by atoms with E-state index >= 15 is 0 Å². The number of benzene rings is 1. The van der Waals surface area contributed by atoms with Gasteiger partial charge in [-0.25, -0.2) is 4.79 Å². The van der Waals surface area contributed by atoms with Crippen LogP contribution in [0.5, 0.6) is 0 Å². The molecular formula is C16H20N4O2. The first-order chi connectivity index (χ1) is 10.7. The second kappa shape index (κ2) is 6.19. The molecule has 1 aromatic carbocycles. The molecule has 2 aromatic rings. The number of amides is 2. The Morgan fingerprint density at radius 3 is 2.73 bits per heavy atom. The number of carbonyl (C=O) groups excluding carboxylic acids is 1. The minimum Gasteiger partial charge on any atom is -0.396 e. The van der Waals surface area contributed by atoms with Crippen LogP contribution in [-0.2, 0) is 6.54 Å². The lowest BCUT2D eigenvalue weighted by Gasteiger charge is -2.12. The molecule has 1 aromatic heterocycles. The van der Waals surface area contributed by atoms with Crippen LogP contribution in [0.15, 0.2) is 42.6 Å². The number of aromatic nitrogens is 2. The Morgan fingerprint density at radius 1 is 1.27 bits per heavy atom. The summed E-state index contributed by atoms with van der Waals surface area (Å²) < 4.78 is 1.78. The van der Waals surface area contributed by atoms with Crippen LogP contribution in [-0.4, -0.2) is 34.1 Å². The van der Waals surface area contributed by atoms with E-state index in [1.807, 2.05) is 36.5 Å². The van der Waals surface area contributed by atoms with Crippen molar-refractivity contribution in [1.82, 2.24) is 15.1 Å². The highest BCUT2D eigenvalue weighted by Gasteiger charge is 2.42. The van der Waals surface area contributed by atoms with Gasteiger partial charge in [-0.2, -0.15) is 5.10 Å². The zero-order valence-corrected chi connectivity index (χ0v) is 12.3. The molecule has 1 aliphatic carbocycles. The summed E-state index contributed by atoms with van der Waals surface area (Å²) in [6, 6.07) is 11.5. The highest BCUT2D eigenvalue weighted by Crippen LogP contribution is 2.44. The number of aliphatic hydroxyl groups is 1. The van der Waals surface area contributed by atoms with Gasteiger partial charge in [-0.1, -0.05) is 30.3 Å². The molecule has 2 amide bonds. The van der Waals surface area contributed by atoms with Gasteiger partial charge in [0.15, 0.2) is 5.82 Å². The maximum absolute atomic E-state index is 11.8. The monoisotopic (exact) mass is 300 g/mol. The molecule has 116 valence electrons. The minimum absolute atomic E-state index is 0.0932. The number of anilines is 1. The molecule has 0 aliphatic heterocycles. The molecule has 0 saturated heterocycles. The minimum atomic E-state index is -0.287. The van der Waals surface area contributed by atoms with Crippen LogP contribution >= 0.6 is 0 Å². The van der Waals surface area contributed by atoms with Crippen molar-refractivity contribution in [2.24, 2.45) is 5.41 Å². The molecule has 0 atom stereocenters. The zero-order chi connectivity index (χ0) is 15.4. The van der Waals surface area contributed by atoms with Crippen molar-refractivity contribution in [1.29, 1.82) is 0 Å². The number of aliphatic hydroxyl groups excluding tert-OH is 1. The Morgan fingerprint density at radius 2 is 2.05 bits per heavy atom. The number of nitrogens with one attached hydrogen (secondary N) is 2. The topological polar surface area (TPSA) is 79.2 Å². The second-order valence-electron chi connectivity index (χ2n) is 5.85. The van der Waals surface area contributed by atoms with E-state index in [9.17, 15) is 9.90 Å². The maximum atomic E-state index is 11.8. The molecular weight excluding hydrogens is 280 g/mol. The van der Waals surface area contributed by atoms with E-state index in [1.54, 1.807) is 10.7 Å². The summed E-state index contributed by atoms with van der Waals surface area (Å²) in [5.41, 5.74) is 1.06. The van der Waals surface area contributed by atoms with E-state index in [0.717, 1.165) is 18.4 Å². The lowest BCUT2D eigenvalue weighted by atomic mass is 10.1. The summed E-state index contributed by atoms with van der Waals surface area (Å²) in [7, 11) is 0. The van der Waals surface area contributed by atoms with Crippen LogP contribution in [0.25, 0.3) is 0 Å². The first-order valence-electron chi connectivity index (χ1n) is 7.42. The van der Waals surface area contributed by atoms with Crippen LogP contribution in [0.1, 0.15) is 18.4 Å². The van der Waals surface area contributed by atoms with Crippen molar-refractivity contribution in [3.05, 3.63) is 48.2 Å². The van der Waals surface area contributed by atoms with Crippen molar-refractivity contribution in [2.75, 3.05) is 18.5 Å². The average Bonchev–Trinajstić information content (AvgIpc) is 3.20. The fraction of sp³-hybridized carbons (Fsp3) is 0.375. The molecule has 3 rings (SSSR count). The SMILES string of the molecule is O=C(NCC1(CO)CC1)Nc1ccn(Cc2ccccc2)n1. The number of carbonyl (C=O) groups is 1. The predicted octanol–water partition coefficient (Wildman–Crippen LogP) is 1.83. The van der Waals surface area contributed by atoms with Crippen molar-refractivity contribution in [3.8, 4) is 0 Å². The summed E-state index contributed by atoms with van der Waals surface area (Å²) in [5.74, 6) is 0.516. The van der Waals surface area contributed by atoms with Gasteiger partial charge in [0.05, 0.1) is 13.2 Å². The van der Waals surface area contributed by atoms with Gasteiger partial charge in [0.2, 0.25) is 0 Å². The van der Waals surface area contributed by atoms with Gasteiger partial charge < -0.3 is 10.4 Å². The smallest absolute Gasteiger partial charge is 0.320 e. The first-order valence-corrected chi connectivity index (χ1v) is 7.42. The number of hydrogen-bond donors (Lipinski definition) is 3. The third kappa shape index (κ3) is 3.65. The third-order valence-corrected chi connectivity index (χ3v) is 3.99. The molecule has 0 bridgehead atoms. The molecule has 1 heterocycles. The fourth-order valence-corrected chi connectivity index (χ4v) is 2.28. The van der Waals surface area contributed by atoms with Gasteiger partial charge in [-0.05, 0) is 18.4 Å². The maximum Gasteiger partial charge on any atom is 0.320 e. The van der Waals surface area contributed by atoms with E-state index in [4.69, 9.17) is 0 Å². The molecule has 0 spiro atoms. The molecule has 6 nitrogen and oxygen atoms in total. The van der Waals surface area contributed by atoms with E-state index in [-0.39, 0.29) is 18.1 Å². The van der Waals surface area contributed by atoms with Gasteiger partial charge in [-0.15, -0.1) is 0 Å². The van der Waals surface area contributed by atoms with Crippen molar-refractivity contribution in [3.63, 3.8) is 0 Å². The van der Waals surface area contributed by atoms with Crippen molar-refractivity contribution < 1.29 is 9.90 Å². The standard InChI is InChI=1S/C16H20N4O2/c21-12-16(7-8-16)11-17-15(22)18-14-6-9-20(19-14)10-13-4-2-1-3-5-13/h1-6,9,21H,7-8,10-12H2,(H2,17,18,19,22). The Labute approximate surface area is 129 Å². The average molecular weight is 300 g/mol. The summed E-state index contributed by atoms with van der Waals surface area (Å²) in [5, 5.41) is 19.0. The van der Waals surface area contributed by atoms with E-state index in [1.165, 1.54) is 0 Å². The van der Waals surface area contributed by atoms with Crippen molar-refractivity contribution in [2.45, 2.75) is 19.4 Å². The van der Waals surface area contributed by atoms with Crippen LogP contribution in [0.2, 0.25) is 0 Å². The number of rotatable bonds is 6. The summed E-state index contributed by atoms with van der Waals surface area (Å²) in [6.45, 7) is 1.29. The van der Waals surface area contributed by atoms with Gasteiger partial charge in [-0.3, -0.25) is 10.00 Å². The predicted molar refractivity (Wildman–Crippen MR) is 83.5 cm³/mol. The van der Waals surface area contributed by atoms with Gasteiger partial charge in [0.25, 0.3) is 0 Å². The largest absolute Gasteiger partial charge is 0.396 e. The third-order valence-electron chi connectivity index (χ3n) is 3.99. The normalized spacial score (nSPS) is 15.3. The number of nitrogens with zero attached hydrogens (tertiary/aromatic N) is 2. The van der Waals surface area contributed by atoms with Crippen LogP contribution < -0.4 is 10.6 Å². The molecule has 0 unspecified atom stereocenters. The van der Waals surface area contributed by atoms with Crippen LogP contribution in [0, 0.1) is 5.41 Å². The van der Waals surface area contributed by atoms with E-state index in [0.29, 0.717) is 18.9 Å². The Hall–Kier alpha value is -2.34. The highest BCUT2D eigenvalue weighted by atomic mass is 16.3. The molecule has 22 heavy (non-hydrogen) atoms. The molecule has 0 radical (unpaired) electrons. The van der Waals surface area contributed by atoms with E-state index < -0.39 is 0 Å². The van der Waals surface area contributed by atoms with E-state index in [2.05, 4.69) is 15.7 Å². The molecule has 6 heteroatoms. The Bertz CT molecular complexity index is 635. The lowest BCUT2D eigenvalue weighted by Crippen LogP contribution is -2.35. The first kappa shape index (κ1) is 14.6. The molecule has 1 aliphatic rings.